The molecule has 0 bridgehead atoms. The van der Waals surface area contributed by atoms with Crippen LogP contribution in [0.1, 0.15) is 23.7 Å². The highest BCUT2D eigenvalue weighted by Gasteiger charge is 2.37. The Bertz CT molecular complexity index is 680. The Labute approximate surface area is 129 Å². The summed E-state index contributed by atoms with van der Waals surface area (Å²) in [6.45, 7) is 1.89. The SMILES string of the molecule is Cc1cc(Sc2nncs2)cc2c1C(CC(=O)O)OB2O. The molecule has 2 heterocycles. The molecule has 2 N–H and O–H groups in total. The molecular weight excluding hydrogens is 311 g/mol. The molecule has 1 aliphatic rings. The van der Waals surface area contributed by atoms with Gasteiger partial charge in [0.05, 0.1) is 12.5 Å². The molecule has 1 atom stereocenters. The normalized spacial score (nSPS) is 17.0. The van der Waals surface area contributed by atoms with E-state index < -0.39 is 19.2 Å². The Kier molecular flexibility index (Phi) is 3.98. The fourth-order valence-corrected chi connectivity index (χ4v) is 4.01. The van der Waals surface area contributed by atoms with Crippen LogP contribution < -0.4 is 5.46 Å². The average molecular weight is 322 g/mol. The monoisotopic (exact) mass is 322 g/mol. The minimum Gasteiger partial charge on any atom is -0.481 e. The zero-order valence-corrected chi connectivity index (χ0v) is 12.6. The minimum absolute atomic E-state index is 0.159. The third-order valence-electron chi connectivity index (χ3n) is 3.18. The van der Waals surface area contributed by atoms with Gasteiger partial charge in [-0.25, -0.2) is 0 Å². The van der Waals surface area contributed by atoms with Crippen LogP contribution in [0.25, 0.3) is 0 Å². The first kappa shape index (κ1) is 14.5. The smallest absolute Gasteiger partial charge is 0.481 e. The van der Waals surface area contributed by atoms with E-state index in [1.807, 2.05) is 19.1 Å². The van der Waals surface area contributed by atoms with E-state index in [9.17, 15) is 9.82 Å². The van der Waals surface area contributed by atoms with Crippen LogP contribution in [-0.4, -0.2) is 33.4 Å². The lowest BCUT2D eigenvalue weighted by Crippen LogP contribution is -2.28. The first-order valence-corrected chi connectivity index (χ1v) is 7.88. The van der Waals surface area contributed by atoms with E-state index >= 15 is 0 Å². The number of aryl methyl sites for hydroxylation is 1. The van der Waals surface area contributed by atoms with Gasteiger partial charge in [0.25, 0.3) is 0 Å². The van der Waals surface area contributed by atoms with Crippen LogP contribution in [0.5, 0.6) is 0 Å². The lowest BCUT2D eigenvalue weighted by Gasteiger charge is -2.12. The molecule has 0 saturated heterocycles. The summed E-state index contributed by atoms with van der Waals surface area (Å²) in [5.41, 5.74) is 3.96. The molecule has 6 nitrogen and oxygen atoms in total. The van der Waals surface area contributed by atoms with E-state index in [-0.39, 0.29) is 6.42 Å². The maximum absolute atomic E-state index is 10.9. The zero-order chi connectivity index (χ0) is 15.0. The van der Waals surface area contributed by atoms with Gasteiger partial charge < -0.3 is 14.8 Å². The Hall–Kier alpha value is -1.42. The fraction of sp³-hybridized carbons (Fsp3) is 0.250. The van der Waals surface area contributed by atoms with Gasteiger partial charge >= 0.3 is 13.1 Å². The van der Waals surface area contributed by atoms with E-state index in [0.717, 1.165) is 20.4 Å². The van der Waals surface area contributed by atoms with E-state index in [0.29, 0.717) is 5.46 Å². The van der Waals surface area contributed by atoms with Crippen LogP contribution in [0.3, 0.4) is 0 Å². The number of rotatable bonds is 4. The second-order valence-electron chi connectivity index (χ2n) is 4.62. The summed E-state index contributed by atoms with van der Waals surface area (Å²) in [6.07, 6.45) is -0.763. The lowest BCUT2D eigenvalue weighted by atomic mass is 9.78. The van der Waals surface area contributed by atoms with Gasteiger partial charge in [-0.2, -0.15) is 0 Å². The summed E-state index contributed by atoms with van der Waals surface area (Å²) in [5, 5.41) is 26.7. The maximum Gasteiger partial charge on any atom is 0.492 e. The Morgan fingerprint density at radius 1 is 1.57 bits per heavy atom. The van der Waals surface area contributed by atoms with Gasteiger partial charge in [0, 0.05) is 4.90 Å². The summed E-state index contributed by atoms with van der Waals surface area (Å²) < 4.78 is 6.16. The highest BCUT2D eigenvalue weighted by molar-refractivity contribution is 8.01. The predicted octanol–water partition coefficient (Wildman–Crippen LogP) is 1.23. The minimum atomic E-state index is -1.09. The van der Waals surface area contributed by atoms with Gasteiger partial charge in [-0.05, 0) is 35.6 Å². The molecular formula is C12H11BN2O4S2. The number of nitrogens with zero attached hydrogens (tertiary/aromatic N) is 2. The van der Waals surface area contributed by atoms with Crippen LogP contribution in [-0.2, 0) is 9.45 Å². The van der Waals surface area contributed by atoms with Crippen LogP contribution >= 0.6 is 23.1 Å². The van der Waals surface area contributed by atoms with Crippen molar-refractivity contribution in [3.63, 3.8) is 0 Å². The summed E-state index contributed by atoms with van der Waals surface area (Å²) in [5.74, 6) is -0.952. The lowest BCUT2D eigenvalue weighted by molar-refractivity contribution is -0.138. The van der Waals surface area contributed by atoms with Crippen molar-refractivity contribution in [2.24, 2.45) is 0 Å². The molecule has 0 amide bonds. The summed E-state index contributed by atoms with van der Waals surface area (Å²) in [6, 6.07) is 3.77. The van der Waals surface area contributed by atoms with Gasteiger partial charge in [-0.1, -0.05) is 23.1 Å². The summed E-state index contributed by atoms with van der Waals surface area (Å²) in [4.78, 5) is 11.8. The quantitative estimate of drug-likeness (QED) is 0.818. The molecule has 21 heavy (non-hydrogen) atoms. The van der Waals surface area contributed by atoms with E-state index in [1.165, 1.54) is 23.1 Å². The summed E-state index contributed by atoms with van der Waals surface area (Å²) in [7, 11) is -1.09. The fourth-order valence-electron chi connectivity index (χ4n) is 2.41. The van der Waals surface area contributed by atoms with Crippen molar-refractivity contribution in [1.82, 2.24) is 10.2 Å². The molecule has 0 saturated carbocycles. The first-order chi connectivity index (χ1) is 10.0. The maximum atomic E-state index is 10.9. The number of aromatic nitrogens is 2. The third kappa shape index (κ3) is 2.96. The molecule has 0 spiro atoms. The van der Waals surface area contributed by atoms with Crippen molar-refractivity contribution < 1.29 is 19.6 Å². The standard InChI is InChI=1S/C12H11BN2O4S2/c1-6-2-7(21-12-15-14-5-20-12)3-8-11(6)9(4-10(16)17)19-13(8)18/h2-3,5,9,18H,4H2,1H3,(H,16,17). The third-order valence-corrected chi connectivity index (χ3v) is 4.93. The molecule has 0 aliphatic carbocycles. The molecule has 9 heteroatoms. The molecule has 0 fully saturated rings. The number of aliphatic carboxylic acids is 1. The van der Waals surface area contributed by atoms with Crippen LogP contribution in [0, 0.1) is 6.92 Å². The van der Waals surface area contributed by atoms with E-state index in [2.05, 4.69) is 10.2 Å². The van der Waals surface area contributed by atoms with Crippen LogP contribution in [0.4, 0.5) is 0 Å². The van der Waals surface area contributed by atoms with Crippen molar-refractivity contribution in [2.45, 2.75) is 28.7 Å². The van der Waals surface area contributed by atoms with Crippen molar-refractivity contribution in [1.29, 1.82) is 0 Å². The molecule has 2 aromatic rings. The Balaban J connectivity index is 1.94. The van der Waals surface area contributed by atoms with Gasteiger partial charge in [-0.15, -0.1) is 10.2 Å². The molecule has 1 aromatic carbocycles. The number of hydrogen-bond acceptors (Lipinski definition) is 7. The van der Waals surface area contributed by atoms with Crippen molar-refractivity contribution in [2.75, 3.05) is 0 Å². The topological polar surface area (TPSA) is 92.5 Å². The van der Waals surface area contributed by atoms with Gasteiger partial charge in [-0.3, -0.25) is 4.79 Å². The number of fused-ring (bicyclic) bond motifs is 1. The van der Waals surface area contributed by atoms with Crippen LogP contribution in [0.15, 0.2) is 26.9 Å². The van der Waals surface area contributed by atoms with Gasteiger partial charge in [0.2, 0.25) is 0 Å². The predicted molar refractivity (Wildman–Crippen MR) is 78.9 cm³/mol. The average Bonchev–Trinajstić information content (AvgIpc) is 2.98. The van der Waals surface area contributed by atoms with Gasteiger partial charge in [0.15, 0.2) is 4.34 Å². The highest BCUT2D eigenvalue weighted by Crippen LogP contribution is 2.34. The number of benzene rings is 1. The van der Waals surface area contributed by atoms with Crippen molar-refractivity contribution >= 4 is 41.6 Å². The Morgan fingerprint density at radius 3 is 3.05 bits per heavy atom. The number of hydrogen-bond donors (Lipinski definition) is 2. The highest BCUT2D eigenvalue weighted by atomic mass is 32.2. The van der Waals surface area contributed by atoms with Crippen LogP contribution in [0.2, 0.25) is 0 Å². The first-order valence-electron chi connectivity index (χ1n) is 6.18. The molecule has 1 aromatic heterocycles. The van der Waals surface area contributed by atoms with Crippen molar-refractivity contribution in [3.05, 3.63) is 28.8 Å². The second-order valence-corrected chi connectivity index (χ2v) is 6.78. The number of carbonyl (C=O) groups is 1. The van der Waals surface area contributed by atoms with E-state index in [1.54, 1.807) is 5.51 Å². The number of carboxylic acids is 1. The largest absolute Gasteiger partial charge is 0.492 e. The molecule has 1 unspecified atom stereocenters. The number of carboxylic acid groups (broad SMARTS) is 1. The second kappa shape index (κ2) is 5.76. The molecule has 3 rings (SSSR count). The molecule has 1 aliphatic heterocycles. The molecule has 108 valence electrons. The summed E-state index contributed by atoms with van der Waals surface area (Å²) >= 11 is 2.89. The van der Waals surface area contributed by atoms with E-state index in [4.69, 9.17) is 9.76 Å². The Morgan fingerprint density at radius 2 is 2.38 bits per heavy atom. The zero-order valence-electron chi connectivity index (χ0n) is 11.0. The van der Waals surface area contributed by atoms with Crippen molar-refractivity contribution in [3.8, 4) is 0 Å². The van der Waals surface area contributed by atoms with Gasteiger partial charge in [0.1, 0.15) is 5.51 Å². The molecule has 0 radical (unpaired) electrons.